The molecule has 0 unspecified atom stereocenters. The molecule has 5 rings (SSSR count). The van der Waals surface area contributed by atoms with Crippen molar-refractivity contribution in [2.75, 3.05) is 18.4 Å². The van der Waals surface area contributed by atoms with Crippen LogP contribution < -0.4 is 16.6 Å². The summed E-state index contributed by atoms with van der Waals surface area (Å²) < 4.78 is 4.17. The first kappa shape index (κ1) is 24.2. The number of piperidine rings is 1. The lowest BCUT2D eigenvalue weighted by atomic mass is 10.1. The molecule has 1 atom stereocenters. The zero-order valence-electron chi connectivity index (χ0n) is 20.9. The fourth-order valence-electron chi connectivity index (χ4n) is 4.77. The average molecular weight is 502 g/mol. The number of fused-ring (bicyclic) bond motifs is 2. The largest absolute Gasteiger partial charge is 0.351 e. The maximum absolute atomic E-state index is 13.7. The number of rotatable bonds is 6. The van der Waals surface area contributed by atoms with Crippen molar-refractivity contribution in [3.05, 3.63) is 61.5 Å². The first-order valence-electron chi connectivity index (χ1n) is 12.1. The van der Waals surface area contributed by atoms with E-state index in [0.717, 1.165) is 34.0 Å². The van der Waals surface area contributed by atoms with Gasteiger partial charge in [-0.25, -0.2) is 14.8 Å². The summed E-state index contributed by atoms with van der Waals surface area (Å²) in [6.07, 6.45) is 1.62. The standard InChI is InChI=1S/C25H27N9O3/c1-4-5-13-33-21-22(29-24(33)27-17-9-8-12-32(14-17)30-37)31(3)25(36)34(23(21)35)15-20-26-16(2)18-10-6-7-11-19(18)28-20/h6-7,10-11,17H,8-9,12-15H2,1-3H3,(H,27,29)/t17-/m0/s1. The van der Waals surface area contributed by atoms with Crippen LogP contribution in [0.25, 0.3) is 22.1 Å². The van der Waals surface area contributed by atoms with Crippen LogP contribution in [-0.4, -0.2) is 52.8 Å². The Balaban J connectivity index is 1.62. The second-order valence-electron chi connectivity index (χ2n) is 9.07. The molecule has 12 nitrogen and oxygen atoms in total. The highest BCUT2D eigenvalue weighted by atomic mass is 16.3. The molecule has 37 heavy (non-hydrogen) atoms. The number of nitroso groups, excluding NO2 is 1. The van der Waals surface area contributed by atoms with Crippen LogP contribution in [0.5, 0.6) is 0 Å². The maximum atomic E-state index is 13.7. The number of anilines is 1. The SMILES string of the molecule is CC#CCn1c(N[C@H]2CCCN(N=O)C2)nc2c1c(=O)n(Cc1nc(C)c3ccccc3n1)c(=O)n2C. The molecule has 0 saturated carbocycles. The molecule has 1 fully saturated rings. The van der Waals surface area contributed by atoms with Crippen LogP contribution in [0.3, 0.4) is 0 Å². The first-order chi connectivity index (χ1) is 17.9. The third-order valence-electron chi connectivity index (χ3n) is 6.63. The average Bonchev–Trinajstić information content (AvgIpc) is 3.26. The van der Waals surface area contributed by atoms with E-state index in [1.54, 1.807) is 18.5 Å². The molecule has 3 aromatic heterocycles. The van der Waals surface area contributed by atoms with E-state index in [-0.39, 0.29) is 30.3 Å². The lowest BCUT2D eigenvalue weighted by Crippen LogP contribution is -2.40. The fourth-order valence-corrected chi connectivity index (χ4v) is 4.77. The van der Waals surface area contributed by atoms with Gasteiger partial charge in [-0.15, -0.1) is 10.8 Å². The third-order valence-corrected chi connectivity index (χ3v) is 6.63. The zero-order chi connectivity index (χ0) is 26.1. The summed E-state index contributed by atoms with van der Waals surface area (Å²) in [5.74, 6) is 6.63. The van der Waals surface area contributed by atoms with Gasteiger partial charge in [-0.3, -0.25) is 23.5 Å². The zero-order valence-corrected chi connectivity index (χ0v) is 20.9. The molecule has 190 valence electrons. The van der Waals surface area contributed by atoms with Crippen molar-refractivity contribution in [3.8, 4) is 11.8 Å². The lowest BCUT2D eigenvalue weighted by Gasteiger charge is -2.29. The first-order valence-corrected chi connectivity index (χ1v) is 12.1. The van der Waals surface area contributed by atoms with Crippen LogP contribution in [0, 0.1) is 23.7 Å². The van der Waals surface area contributed by atoms with Crippen LogP contribution in [0.15, 0.2) is 39.1 Å². The Labute approximate surface area is 211 Å². The lowest BCUT2D eigenvalue weighted by molar-refractivity contribution is 0.222. The number of hydrogen-bond acceptors (Lipinski definition) is 8. The second-order valence-corrected chi connectivity index (χ2v) is 9.07. The predicted molar refractivity (Wildman–Crippen MR) is 140 cm³/mol. The number of hydrogen-bond donors (Lipinski definition) is 1. The number of nitrogens with one attached hydrogen (secondary N) is 1. The van der Waals surface area contributed by atoms with Gasteiger partial charge in [0.05, 0.1) is 30.4 Å². The van der Waals surface area contributed by atoms with Crippen molar-refractivity contribution in [3.63, 3.8) is 0 Å². The molecule has 4 aromatic rings. The molecule has 0 bridgehead atoms. The summed E-state index contributed by atoms with van der Waals surface area (Å²) in [6.45, 7) is 4.75. The summed E-state index contributed by atoms with van der Waals surface area (Å²) in [5, 5.41) is 8.77. The van der Waals surface area contributed by atoms with E-state index in [9.17, 15) is 14.5 Å². The van der Waals surface area contributed by atoms with Gasteiger partial charge in [-0.1, -0.05) is 24.1 Å². The second kappa shape index (κ2) is 9.85. The third kappa shape index (κ3) is 4.44. The monoisotopic (exact) mass is 501 g/mol. The normalized spacial score (nSPS) is 15.5. The molecular weight excluding hydrogens is 474 g/mol. The molecule has 1 N–H and O–H groups in total. The number of aryl methyl sites for hydroxylation is 2. The van der Waals surface area contributed by atoms with Crippen LogP contribution in [0.1, 0.15) is 31.3 Å². The summed E-state index contributed by atoms with van der Waals surface area (Å²) in [6, 6.07) is 7.52. The molecule has 0 amide bonds. The van der Waals surface area contributed by atoms with Gasteiger partial charge in [-0.05, 0) is 32.8 Å². The number of benzene rings is 1. The van der Waals surface area contributed by atoms with Crippen LogP contribution in [-0.2, 0) is 20.1 Å². The Kier molecular flexibility index (Phi) is 6.43. The van der Waals surface area contributed by atoms with Gasteiger partial charge in [0.2, 0.25) is 5.95 Å². The van der Waals surface area contributed by atoms with Crippen molar-refractivity contribution in [2.24, 2.45) is 12.3 Å². The van der Waals surface area contributed by atoms with Crippen molar-refractivity contribution in [1.29, 1.82) is 0 Å². The van der Waals surface area contributed by atoms with Gasteiger partial charge in [0.15, 0.2) is 11.2 Å². The van der Waals surface area contributed by atoms with Crippen molar-refractivity contribution in [2.45, 2.75) is 45.8 Å². The van der Waals surface area contributed by atoms with Crippen molar-refractivity contribution in [1.82, 2.24) is 33.7 Å². The summed E-state index contributed by atoms with van der Waals surface area (Å²) in [4.78, 5) is 51.8. The van der Waals surface area contributed by atoms with Gasteiger partial charge in [-0.2, -0.15) is 4.98 Å². The molecule has 1 aliphatic heterocycles. The minimum absolute atomic E-state index is 0.0802. The molecule has 1 saturated heterocycles. The van der Waals surface area contributed by atoms with Crippen LogP contribution in [0.2, 0.25) is 0 Å². The molecule has 0 aliphatic carbocycles. The molecular formula is C25H27N9O3. The Morgan fingerprint density at radius 2 is 1.97 bits per heavy atom. The van der Waals surface area contributed by atoms with Gasteiger partial charge in [0, 0.05) is 30.7 Å². The van der Waals surface area contributed by atoms with Crippen molar-refractivity contribution >= 4 is 28.0 Å². The minimum atomic E-state index is -0.515. The molecule has 0 radical (unpaired) electrons. The quantitative estimate of drug-likeness (QED) is 0.312. The van der Waals surface area contributed by atoms with Crippen molar-refractivity contribution < 1.29 is 0 Å². The van der Waals surface area contributed by atoms with E-state index in [2.05, 4.69) is 37.4 Å². The minimum Gasteiger partial charge on any atom is -0.351 e. The molecule has 1 aliphatic rings. The Morgan fingerprint density at radius 1 is 1.16 bits per heavy atom. The van der Waals surface area contributed by atoms with Crippen LogP contribution in [0.4, 0.5) is 5.95 Å². The highest BCUT2D eigenvalue weighted by Crippen LogP contribution is 2.20. The Bertz CT molecular complexity index is 1690. The highest BCUT2D eigenvalue weighted by Gasteiger charge is 2.25. The van der Waals surface area contributed by atoms with Crippen LogP contribution >= 0.6 is 0 Å². The Morgan fingerprint density at radius 3 is 2.76 bits per heavy atom. The number of imidazole rings is 1. The topological polar surface area (TPSA) is 132 Å². The van der Waals surface area contributed by atoms with Gasteiger partial charge in [0.1, 0.15) is 5.82 Å². The fraction of sp³-hybridized carbons (Fsp3) is 0.400. The maximum Gasteiger partial charge on any atom is 0.332 e. The molecule has 4 heterocycles. The highest BCUT2D eigenvalue weighted by molar-refractivity contribution is 5.80. The van der Waals surface area contributed by atoms with E-state index >= 15 is 0 Å². The van der Waals surface area contributed by atoms with E-state index in [1.807, 2.05) is 31.2 Å². The molecule has 1 aromatic carbocycles. The summed E-state index contributed by atoms with van der Waals surface area (Å²) in [5.41, 5.74) is 1.02. The van der Waals surface area contributed by atoms with E-state index in [0.29, 0.717) is 24.9 Å². The van der Waals surface area contributed by atoms with Gasteiger partial charge >= 0.3 is 5.69 Å². The van der Waals surface area contributed by atoms with E-state index < -0.39 is 11.2 Å². The number of para-hydroxylation sites is 1. The predicted octanol–water partition coefficient (Wildman–Crippen LogP) is 1.78. The van der Waals surface area contributed by atoms with Gasteiger partial charge < -0.3 is 5.32 Å². The molecule has 0 spiro atoms. The summed E-state index contributed by atoms with van der Waals surface area (Å²) >= 11 is 0. The molecule has 12 heteroatoms. The number of aromatic nitrogens is 6. The van der Waals surface area contributed by atoms with Gasteiger partial charge in [0.25, 0.3) is 5.56 Å². The smallest absolute Gasteiger partial charge is 0.332 e. The number of nitrogens with zero attached hydrogens (tertiary/aromatic N) is 8. The van der Waals surface area contributed by atoms with E-state index in [4.69, 9.17) is 0 Å². The Hall–Kier alpha value is -4.53. The summed E-state index contributed by atoms with van der Waals surface area (Å²) in [7, 11) is 1.58. The van der Waals surface area contributed by atoms with E-state index in [1.165, 1.54) is 9.58 Å².